The van der Waals surface area contributed by atoms with E-state index in [4.69, 9.17) is 19.2 Å². The Balaban J connectivity index is 1.66. The normalized spacial score (nSPS) is 54.1. The van der Waals surface area contributed by atoms with E-state index in [1.807, 2.05) is 13.2 Å². The number of thioether (sulfide) groups is 2. The summed E-state index contributed by atoms with van der Waals surface area (Å²) >= 11 is 2.63. The molecule has 25 heavy (non-hydrogen) atoms. The van der Waals surface area contributed by atoms with Crippen molar-refractivity contribution in [2.24, 2.45) is 28.0 Å². The lowest BCUT2D eigenvalue weighted by molar-refractivity contribution is -0.564. The van der Waals surface area contributed by atoms with Gasteiger partial charge in [-0.05, 0) is 56.0 Å². The number of ether oxygens (including phenoxy) is 2. The number of nitrogens with zero attached hydrogens (tertiary/aromatic N) is 2. The molecule has 138 valence electrons. The standard InChI is InChI=1S/C16H22N2O5S2/c1-8-4-5-10-11-16(19,25-13(24-3)18-17-11)21-12-15(10)9(8)6-7-14(2,20-12)22-23-15/h8-10,12,19H,4-7H2,1-3H3/t8-,9?,10?,12+,14-,15-,16?/m1/s1. The third-order valence-electron chi connectivity index (χ3n) is 6.28. The molecule has 7 atom stereocenters. The van der Waals surface area contributed by atoms with Gasteiger partial charge in [-0.2, -0.15) is 5.10 Å². The first kappa shape index (κ1) is 17.0. The van der Waals surface area contributed by atoms with Gasteiger partial charge < -0.3 is 14.6 Å². The highest BCUT2D eigenvalue weighted by atomic mass is 32.2. The van der Waals surface area contributed by atoms with Gasteiger partial charge in [0.1, 0.15) is 5.71 Å². The molecule has 5 fully saturated rings. The van der Waals surface area contributed by atoms with Crippen LogP contribution >= 0.6 is 23.5 Å². The minimum atomic E-state index is -1.56. The largest absolute Gasteiger partial charge is 0.352 e. The van der Waals surface area contributed by atoms with E-state index in [0.29, 0.717) is 16.0 Å². The third kappa shape index (κ3) is 2.20. The highest BCUT2D eigenvalue weighted by Gasteiger charge is 2.72. The van der Waals surface area contributed by atoms with Crippen LogP contribution in [0.1, 0.15) is 39.5 Å². The van der Waals surface area contributed by atoms with Crippen LogP contribution in [0.25, 0.3) is 0 Å². The first-order valence-electron chi connectivity index (χ1n) is 8.74. The van der Waals surface area contributed by atoms with Crippen LogP contribution in [-0.2, 0) is 19.2 Å². The Morgan fingerprint density at radius 1 is 1.20 bits per heavy atom. The van der Waals surface area contributed by atoms with Crippen molar-refractivity contribution in [3.63, 3.8) is 0 Å². The van der Waals surface area contributed by atoms with Gasteiger partial charge in [-0.3, -0.25) is 0 Å². The summed E-state index contributed by atoms with van der Waals surface area (Å²) in [5.74, 6) is -0.301. The molecule has 7 nitrogen and oxygen atoms in total. The second-order valence-electron chi connectivity index (χ2n) is 7.71. The number of hydrogen-bond acceptors (Lipinski definition) is 9. The monoisotopic (exact) mass is 386 g/mol. The summed E-state index contributed by atoms with van der Waals surface area (Å²) in [6.07, 6.45) is 4.77. The van der Waals surface area contributed by atoms with E-state index in [-0.39, 0.29) is 11.8 Å². The molecule has 2 bridgehead atoms. The van der Waals surface area contributed by atoms with E-state index < -0.39 is 22.8 Å². The van der Waals surface area contributed by atoms with Gasteiger partial charge in [0.2, 0.25) is 5.79 Å². The van der Waals surface area contributed by atoms with Crippen LogP contribution in [0, 0.1) is 17.8 Å². The van der Waals surface area contributed by atoms with E-state index in [2.05, 4.69) is 17.1 Å². The predicted molar refractivity (Wildman–Crippen MR) is 94.8 cm³/mol. The zero-order valence-electron chi connectivity index (χ0n) is 14.4. The van der Waals surface area contributed by atoms with Crippen LogP contribution in [0.4, 0.5) is 0 Å². The van der Waals surface area contributed by atoms with E-state index in [1.54, 1.807) is 0 Å². The van der Waals surface area contributed by atoms with Crippen molar-refractivity contribution in [1.29, 1.82) is 0 Å². The fourth-order valence-corrected chi connectivity index (χ4v) is 6.54. The van der Waals surface area contributed by atoms with Crippen LogP contribution in [0.3, 0.4) is 0 Å². The van der Waals surface area contributed by atoms with Crippen molar-refractivity contribution in [2.45, 2.75) is 62.3 Å². The minimum absolute atomic E-state index is 0.139. The molecule has 0 amide bonds. The fraction of sp³-hybridized carbons (Fsp3) is 0.875. The molecular weight excluding hydrogens is 364 g/mol. The molecule has 4 saturated heterocycles. The quantitative estimate of drug-likeness (QED) is 0.641. The predicted octanol–water partition coefficient (Wildman–Crippen LogP) is 2.70. The Morgan fingerprint density at radius 3 is 2.84 bits per heavy atom. The van der Waals surface area contributed by atoms with Gasteiger partial charge in [0.15, 0.2) is 16.3 Å². The number of hydrogen-bond donors (Lipinski definition) is 1. The second-order valence-corrected chi connectivity index (χ2v) is 9.91. The van der Waals surface area contributed by atoms with E-state index in [0.717, 1.165) is 25.7 Å². The van der Waals surface area contributed by atoms with E-state index >= 15 is 0 Å². The van der Waals surface area contributed by atoms with Crippen LogP contribution < -0.4 is 0 Å². The van der Waals surface area contributed by atoms with Crippen LogP contribution in [0.2, 0.25) is 0 Å². The maximum Gasteiger partial charge on any atom is 0.268 e. The molecule has 0 radical (unpaired) electrons. The van der Waals surface area contributed by atoms with Gasteiger partial charge in [-0.1, -0.05) is 6.92 Å². The summed E-state index contributed by atoms with van der Waals surface area (Å²) in [5.41, 5.74) is -0.243. The van der Waals surface area contributed by atoms with E-state index in [9.17, 15) is 5.11 Å². The first-order valence-corrected chi connectivity index (χ1v) is 10.8. The minimum Gasteiger partial charge on any atom is -0.352 e. The summed E-state index contributed by atoms with van der Waals surface area (Å²) in [6.45, 7) is 4.12. The molecule has 1 spiro atoms. The average Bonchev–Trinajstić information content (AvgIpc) is 2.80. The Morgan fingerprint density at radius 2 is 2.04 bits per heavy atom. The molecule has 1 saturated carbocycles. The van der Waals surface area contributed by atoms with Crippen molar-refractivity contribution < 1.29 is 24.4 Å². The molecule has 6 rings (SSSR count). The SMILES string of the molecule is CSC1=NN=C2C3CC[C@@H](C)C4CC[C@@]5(C)OO[C@@]34[C@H](OC2(O)S1)O5. The third-order valence-corrected chi connectivity index (χ3v) is 8.30. The molecule has 5 aliphatic heterocycles. The Bertz CT molecular complexity index is 675. The molecule has 9 heteroatoms. The van der Waals surface area contributed by atoms with Gasteiger partial charge in [0, 0.05) is 12.3 Å². The van der Waals surface area contributed by atoms with Gasteiger partial charge in [0.25, 0.3) is 5.12 Å². The Kier molecular flexibility index (Phi) is 3.69. The van der Waals surface area contributed by atoms with Crippen LogP contribution in [0.5, 0.6) is 0 Å². The Labute approximate surface area is 154 Å². The van der Waals surface area contributed by atoms with Crippen molar-refractivity contribution in [1.82, 2.24) is 0 Å². The van der Waals surface area contributed by atoms with Crippen molar-refractivity contribution in [3.05, 3.63) is 0 Å². The average molecular weight is 386 g/mol. The summed E-state index contributed by atoms with van der Waals surface area (Å²) in [6, 6.07) is 0. The maximum absolute atomic E-state index is 11.2. The number of aliphatic hydroxyl groups is 1. The molecule has 3 unspecified atom stereocenters. The summed E-state index contributed by atoms with van der Waals surface area (Å²) in [5, 5.41) is 18.3. The second kappa shape index (κ2) is 5.43. The number of rotatable bonds is 0. The lowest BCUT2D eigenvalue weighted by Crippen LogP contribution is -2.73. The smallest absolute Gasteiger partial charge is 0.268 e. The summed E-state index contributed by atoms with van der Waals surface area (Å²) < 4.78 is 13.0. The van der Waals surface area contributed by atoms with E-state index in [1.165, 1.54) is 23.5 Å². The zero-order valence-corrected chi connectivity index (χ0v) is 16.1. The topological polar surface area (TPSA) is 81.9 Å². The van der Waals surface area contributed by atoms with Crippen molar-refractivity contribution in [3.8, 4) is 0 Å². The molecule has 1 N–H and O–H groups in total. The Hall–Kier alpha value is -0.160. The molecule has 5 heterocycles. The first-order chi connectivity index (χ1) is 11.9. The highest BCUT2D eigenvalue weighted by Crippen LogP contribution is 2.61. The summed E-state index contributed by atoms with van der Waals surface area (Å²) in [7, 11) is 0. The fourth-order valence-electron chi connectivity index (χ4n) is 5.00. The summed E-state index contributed by atoms with van der Waals surface area (Å²) in [4.78, 5) is 11.8. The molecular formula is C16H22N2O5S2. The van der Waals surface area contributed by atoms with Crippen molar-refractivity contribution >= 4 is 33.6 Å². The molecule has 0 aromatic rings. The molecule has 1 aliphatic carbocycles. The zero-order chi connectivity index (χ0) is 17.4. The van der Waals surface area contributed by atoms with Crippen molar-refractivity contribution in [2.75, 3.05) is 6.26 Å². The molecule has 0 aromatic heterocycles. The van der Waals surface area contributed by atoms with Crippen LogP contribution in [-0.4, -0.2) is 44.2 Å². The molecule has 6 aliphatic rings. The van der Waals surface area contributed by atoms with Gasteiger partial charge in [-0.15, -0.1) is 16.9 Å². The lowest BCUT2D eigenvalue weighted by Gasteiger charge is -2.59. The van der Waals surface area contributed by atoms with Gasteiger partial charge in [0.05, 0.1) is 0 Å². The molecule has 0 aromatic carbocycles. The maximum atomic E-state index is 11.2. The van der Waals surface area contributed by atoms with Gasteiger partial charge >= 0.3 is 0 Å². The lowest BCUT2D eigenvalue weighted by atomic mass is 9.60. The van der Waals surface area contributed by atoms with Gasteiger partial charge in [-0.25, -0.2) is 9.78 Å². The van der Waals surface area contributed by atoms with Crippen LogP contribution in [0.15, 0.2) is 10.2 Å². The highest BCUT2D eigenvalue weighted by molar-refractivity contribution is 8.39. The number of fused-ring (bicyclic) bond motifs is 4.